The molecule has 3 rings (SSSR count). The number of pyridine rings is 1. The Morgan fingerprint density at radius 1 is 1.20 bits per heavy atom. The van der Waals surface area contributed by atoms with Gasteiger partial charge in [-0.3, -0.25) is 9.78 Å². The number of ether oxygens (including phenoxy) is 2. The molecule has 2 heterocycles. The van der Waals surface area contributed by atoms with E-state index in [0.717, 1.165) is 6.20 Å². The molecule has 2 amide bonds. The van der Waals surface area contributed by atoms with Crippen LogP contribution in [0.25, 0.3) is 0 Å². The van der Waals surface area contributed by atoms with Crippen LogP contribution in [0, 0.1) is 5.92 Å². The number of hydrogen-bond donors (Lipinski definition) is 3. The smallest absolute Gasteiger partial charge is 0.437 e. The van der Waals surface area contributed by atoms with Gasteiger partial charge in [-0.15, -0.1) is 0 Å². The van der Waals surface area contributed by atoms with E-state index >= 15 is 0 Å². The van der Waals surface area contributed by atoms with Gasteiger partial charge in [0.25, 0.3) is 0 Å². The lowest BCUT2D eigenvalue weighted by Crippen LogP contribution is -2.72. The summed E-state index contributed by atoms with van der Waals surface area (Å²) in [5.74, 6) is -3.09. The molecule has 3 atom stereocenters. The molecule has 1 aromatic carbocycles. The molecule has 1 aliphatic heterocycles. The summed E-state index contributed by atoms with van der Waals surface area (Å²) in [5.41, 5.74) is -3.99. The zero-order valence-corrected chi connectivity index (χ0v) is 15.9. The van der Waals surface area contributed by atoms with Crippen LogP contribution in [0.5, 0.6) is 11.5 Å². The summed E-state index contributed by atoms with van der Waals surface area (Å²) in [5, 5.41) is 14.3. The predicted molar refractivity (Wildman–Crippen MR) is 97.0 cm³/mol. The molecule has 11 heteroatoms. The largest absolute Gasteiger partial charge is 0.493 e. The number of halogens is 3. The molecular formula is C19H18F3N3O5. The van der Waals surface area contributed by atoms with Crippen molar-refractivity contribution in [1.29, 1.82) is 0 Å². The number of aromatic nitrogens is 1. The van der Waals surface area contributed by atoms with Crippen LogP contribution in [0.2, 0.25) is 0 Å². The van der Waals surface area contributed by atoms with Gasteiger partial charge >= 0.3 is 12.2 Å². The number of para-hydroxylation sites is 1. The Balaban J connectivity index is 2.24. The predicted octanol–water partition coefficient (Wildman–Crippen LogP) is 2.20. The number of hydrogen-bond acceptors (Lipinski definition) is 6. The second-order valence-electron chi connectivity index (χ2n) is 6.51. The normalized spacial score (nSPS) is 23.9. The van der Waals surface area contributed by atoms with E-state index in [1.807, 2.05) is 0 Å². The number of ketones is 1. The van der Waals surface area contributed by atoms with Crippen molar-refractivity contribution in [2.45, 2.75) is 17.9 Å². The van der Waals surface area contributed by atoms with Crippen LogP contribution in [0.4, 0.5) is 18.0 Å². The summed E-state index contributed by atoms with van der Waals surface area (Å²) in [4.78, 5) is 29.0. The molecule has 8 nitrogen and oxygen atoms in total. The molecule has 160 valence electrons. The van der Waals surface area contributed by atoms with E-state index in [4.69, 9.17) is 9.47 Å². The summed E-state index contributed by atoms with van der Waals surface area (Å²) in [6, 6.07) is 4.07. The number of rotatable bonds is 5. The molecule has 30 heavy (non-hydrogen) atoms. The van der Waals surface area contributed by atoms with E-state index in [-0.39, 0.29) is 22.6 Å². The molecule has 0 bridgehead atoms. The van der Waals surface area contributed by atoms with Crippen molar-refractivity contribution in [3.05, 3.63) is 53.9 Å². The van der Waals surface area contributed by atoms with Gasteiger partial charge in [-0.1, -0.05) is 12.1 Å². The quantitative estimate of drug-likeness (QED) is 0.634. The van der Waals surface area contributed by atoms with Crippen molar-refractivity contribution in [2.75, 3.05) is 14.2 Å². The molecule has 0 aliphatic carbocycles. The van der Waals surface area contributed by atoms with Crippen LogP contribution in [-0.2, 0) is 0 Å². The number of Topliss-reactive ketones (excluding diaryl/α,β-unsaturated/α-hetero) is 1. The Labute approximate surface area is 169 Å². The van der Waals surface area contributed by atoms with Crippen molar-refractivity contribution < 1.29 is 37.3 Å². The lowest BCUT2D eigenvalue weighted by Gasteiger charge is -2.45. The fourth-order valence-corrected chi connectivity index (χ4v) is 3.44. The minimum Gasteiger partial charge on any atom is -0.493 e. The Morgan fingerprint density at radius 3 is 2.50 bits per heavy atom. The molecule has 0 spiro atoms. The summed E-state index contributed by atoms with van der Waals surface area (Å²) in [7, 11) is 2.59. The van der Waals surface area contributed by atoms with Gasteiger partial charge in [0.05, 0.1) is 20.3 Å². The number of benzene rings is 1. The minimum absolute atomic E-state index is 0.0145. The van der Waals surface area contributed by atoms with Crippen LogP contribution >= 0.6 is 0 Å². The standard InChI is InChI=1S/C19H18F3N3O5/c1-29-12-7-3-6-11(16(12)30-2)14-13(15(26)10-5-4-8-23-9-10)18(28,19(20,21)22)25-17(27)24-14/h3-9,13-14,28H,1-2H3,(H2,24,25,27)/t13-,14+,18-/m0/s1. The van der Waals surface area contributed by atoms with Crippen LogP contribution in [-0.4, -0.2) is 48.0 Å². The highest BCUT2D eigenvalue weighted by molar-refractivity contribution is 6.00. The maximum atomic E-state index is 13.9. The first-order valence-electron chi connectivity index (χ1n) is 8.67. The van der Waals surface area contributed by atoms with Crippen LogP contribution in [0.3, 0.4) is 0 Å². The first-order chi connectivity index (χ1) is 14.1. The van der Waals surface area contributed by atoms with E-state index in [9.17, 15) is 27.9 Å². The van der Waals surface area contributed by atoms with E-state index in [2.05, 4.69) is 10.3 Å². The van der Waals surface area contributed by atoms with Gasteiger partial charge < -0.3 is 25.2 Å². The number of nitrogens with one attached hydrogen (secondary N) is 2. The average molecular weight is 425 g/mol. The van der Waals surface area contributed by atoms with Gasteiger partial charge in [0.15, 0.2) is 17.3 Å². The number of urea groups is 1. The summed E-state index contributed by atoms with van der Waals surface area (Å²) in [6.45, 7) is 0. The molecule has 1 fully saturated rings. The average Bonchev–Trinajstić information content (AvgIpc) is 2.71. The topological polar surface area (TPSA) is 110 Å². The molecule has 0 saturated carbocycles. The van der Waals surface area contributed by atoms with Crippen LogP contribution in [0.15, 0.2) is 42.7 Å². The lowest BCUT2D eigenvalue weighted by molar-refractivity contribution is -0.287. The van der Waals surface area contributed by atoms with Crippen molar-refractivity contribution in [1.82, 2.24) is 15.6 Å². The third-order valence-corrected chi connectivity index (χ3v) is 4.80. The molecule has 1 saturated heterocycles. The first kappa shape index (κ1) is 21.4. The molecule has 1 aromatic heterocycles. The van der Waals surface area contributed by atoms with Gasteiger partial charge in [-0.2, -0.15) is 13.2 Å². The van der Waals surface area contributed by atoms with Gasteiger partial charge in [0, 0.05) is 23.5 Å². The van der Waals surface area contributed by atoms with Crippen molar-refractivity contribution in [3.63, 3.8) is 0 Å². The fraction of sp³-hybridized carbons (Fsp3) is 0.316. The number of amides is 2. The second-order valence-corrected chi connectivity index (χ2v) is 6.51. The van der Waals surface area contributed by atoms with E-state index in [0.29, 0.717) is 0 Å². The highest BCUT2D eigenvalue weighted by Gasteiger charge is 2.66. The van der Waals surface area contributed by atoms with E-state index in [1.54, 1.807) is 0 Å². The Morgan fingerprint density at radius 2 is 1.93 bits per heavy atom. The molecule has 0 unspecified atom stereocenters. The number of alkyl halides is 3. The Hall–Kier alpha value is -3.34. The SMILES string of the molecule is COc1cccc([C@H]2NC(=O)N[C@@](O)(C(F)(F)F)[C@@H]2C(=O)c2cccnc2)c1OC. The number of nitrogens with zero attached hydrogens (tertiary/aromatic N) is 1. The monoisotopic (exact) mass is 425 g/mol. The van der Waals surface area contributed by atoms with E-state index < -0.39 is 35.7 Å². The lowest BCUT2D eigenvalue weighted by atomic mass is 9.77. The van der Waals surface area contributed by atoms with Crippen molar-refractivity contribution >= 4 is 11.8 Å². The summed E-state index contributed by atoms with van der Waals surface area (Å²) < 4.78 is 52.2. The van der Waals surface area contributed by atoms with Gasteiger partial charge in [0.1, 0.15) is 5.92 Å². The number of methoxy groups -OCH3 is 2. The number of aliphatic hydroxyl groups is 1. The molecule has 3 N–H and O–H groups in total. The zero-order chi connectivity index (χ0) is 22.1. The maximum Gasteiger partial charge on any atom is 0.437 e. The Bertz CT molecular complexity index is 954. The van der Waals surface area contributed by atoms with Crippen molar-refractivity contribution in [2.24, 2.45) is 5.92 Å². The van der Waals surface area contributed by atoms with E-state index in [1.165, 1.54) is 56.1 Å². The molecular weight excluding hydrogens is 407 g/mol. The van der Waals surface area contributed by atoms with Gasteiger partial charge in [0.2, 0.25) is 5.72 Å². The Kier molecular flexibility index (Phi) is 5.57. The van der Waals surface area contributed by atoms with Gasteiger partial charge in [-0.25, -0.2) is 4.79 Å². The summed E-state index contributed by atoms with van der Waals surface area (Å²) >= 11 is 0. The number of carbonyl (C=O) groups is 2. The molecule has 0 radical (unpaired) electrons. The fourth-order valence-electron chi connectivity index (χ4n) is 3.44. The van der Waals surface area contributed by atoms with Gasteiger partial charge in [-0.05, 0) is 18.2 Å². The molecule has 1 aliphatic rings. The second kappa shape index (κ2) is 7.82. The third kappa shape index (κ3) is 3.52. The highest BCUT2D eigenvalue weighted by atomic mass is 19.4. The maximum absolute atomic E-state index is 13.9. The summed E-state index contributed by atoms with van der Waals surface area (Å²) in [6.07, 6.45) is -2.94. The third-order valence-electron chi connectivity index (χ3n) is 4.80. The van der Waals surface area contributed by atoms with Crippen LogP contribution < -0.4 is 20.1 Å². The highest BCUT2D eigenvalue weighted by Crippen LogP contribution is 2.47. The van der Waals surface area contributed by atoms with Crippen LogP contribution in [0.1, 0.15) is 22.0 Å². The minimum atomic E-state index is -5.36. The zero-order valence-electron chi connectivity index (χ0n) is 15.9. The van der Waals surface area contributed by atoms with Crippen molar-refractivity contribution in [3.8, 4) is 11.5 Å². The number of carbonyl (C=O) groups excluding carboxylic acids is 2. The molecule has 2 aromatic rings. The first-order valence-corrected chi connectivity index (χ1v) is 8.67.